The zero-order valence-corrected chi connectivity index (χ0v) is 13.9. The molecule has 1 aliphatic rings. The molecule has 6 nitrogen and oxygen atoms in total. The van der Waals surface area contributed by atoms with Gasteiger partial charge in [0.05, 0.1) is 19.4 Å². The molecule has 3 N–H and O–H groups in total. The quantitative estimate of drug-likeness (QED) is 0.766. The van der Waals surface area contributed by atoms with E-state index in [4.69, 9.17) is 9.47 Å². The SMILES string of the molecule is COc1ccc(-c2cncc(O[C@@H]3SC[C@@H](O)[C@H](O)[C@H]3O)c2)cc1. The highest BCUT2D eigenvalue weighted by molar-refractivity contribution is 7.99. The third-order valence-corrected chi connectivity index (χ3v) is 5.08. The molecule has 4 atom stereocenters. The van der Waals surface area contributed by atoms with Crippen LogP contribution in [0.2, 0.25) is 0 Å². The van der Waals surface area contributed by atoms with Crippen LogP contribution in [0.4, 0.5) is 0 Å². The molecule has 1 aliphatic heterocycles. The van der Waals surface area contributed by atoms with Crippen LogP contribution in [0.5, 0.6) is 11.5 Å². The molecule has 1 fully saturated rings. The summed E-state index contributed by atoms with van der Waals surface area (Å²) in [5.74, 6) is 1.56. The Morgan fingerprint density at radius 1 is 1.00 bits per heavy atom. The molecule has 1 aromatic carbocycles. The Labute approximate surface area is 144 Å². The summed E-state index contributed by atoms with van der Waals surface area (Å²) in [5, 5.41) is 29.3. The van der Waals surface area contributed by atoms with Gasteiger partial charge in [-0.1, -0.05) is 12.1 Å². The van der Waals surface area contributed by atoms with E-state index < -0.39 is 23.7 Å². The van der Waals surface area contributed by atoms with E-state index in [0.29, 0.717) is 11.5 Å². The number of aromatic nitrogens is 1. The minimum atomic E-state index is -1.21. The van der Waals surface area contributed by atoms with E-state index in [2.05, 4.69) is 4.98 Å². The van der Waals surface area contributed by atoms with Gasteiger partial charge in [-0.05, 0) is 23.8 Å². The summed E-state index contributed by atoms with van der Waals surface area (Å²) in [6, 6.07) is 9.39. The molecular formula is C17H19NO5S. The second-order valence-electron chi connectivity index (χ2n) is 5.51. The molecule has 7 heteroatoms. The maximum Gasteiger partial charge on any atom is 0.173 e. The number of benzene rings is 1. The Morgan fingerprint density at radius 3 is 2.46 bits per heavy atom. The highest BCUT2D eigenvalue weighted by Crippen LogP contribution is 2.31. The van der Waals surface area contributed by atoms with Crippen molar-refractivity contribution in [3.05, 3.63) is 42.7 Å². The molecule has 0 aliphatic carbocycles. The van der Waals surface area contributed by atoms with Crippen LogP contribution < -0.4 is 9.47 Å². The van der Waals surface area contributed by atoms with E-state index >= 15 is 0 Å². The van der Waals surface area contributed by atoms with Crippen LogP contribution in [-0.4, -0.2) is 56.9 Å². The minimum absolute atomic E-state index is 0.300. The normalized spacial score (nSPS) is 26.8. The highest BCUT2D eigenvalue weighted by atomic mass is 32.2. The van der Waals surface area contributed by atoms with Crippen molar-refractivity contribution in [3.63, 3.8) is 0 Å². The maximum absolute atomic E-state index is 10.0. The Hall–Kier alpha value is -1.80. The molecule has 0 radical (unpaired) electrons. The third-order valence-electron chi connectivity index (χ3n) is 3.84. The van der Waals surface area contributed by atoms with Crippen LogP contribution >= 0.6 is 11.8 Å². The fourth-order valence-corrected chi connectivity index (χ4v) is 3.56. The van der Waals surface area contributed by atoms with Gasteiger partial charge in [-0.25, -0.2) is 0 Å². The summed E-state index contributed by atoms with van der Waals surface area (Å²) >= 11 is 1.26. The van der Waals surface area contributed by atoms with Gasteiger partial charge in [-0.15, -0.1) is 11.8 Å². The first-order valence-corrected chi connectivity index (χ1v) is 8.55. The first kappa shape index (κ1) is 17.0. The molecule has 3 rings (SSSR count). The zero-order chi connectivity index (χ0) is 17.1. The number of hydrogen-bond acceptors (Lipinski definition) is 7. The van der Waals surface area contributed by atoms with E-state index in [1.165, 1.54) is 11.8 Å². The van der Waals surface area contributed by atoms with Crippen LogP contribution in [0.15, 0.2) is 42.7 Å². The number of hydrogen-bond donors (Lipinski definition) is 3. The molecule has 2 heterocycles. The lowest BCUT2D eigenvalue weighted by Gasteiger charge is -2.34. The third kappa shape index (κ3) is 3.64. The van der Waals surface area contributed by atoms with Gasteiger partial charge in [-0.2, -0.15) is 0 Å². The maximum atomic E-state index is 10.0. The molecule has 0 bridgehead atoms. The number of aliphatic hydroxyl groups is 3. The average molecular weight is 349 g/mol. The first-order valence-electron chi connectivity index (χ1n) is 7.50. The molecule has 2 aromatic rings. The lowest BCUT2D eigenvalue weighted by atomic mass is 10.1. The van der Waals surface area contributed by atoms with Gasteiger partial charge in [0.25, 0.3) is 0 Å². The second-order valence-corrected chi connectivity index (χ2v) is 6.64. The summed E-state index contributed by atoms with van der Waals surface area (Å²) in [5.41, 5.74) is 1.17. The molecular weight excluding hydrogens is 330 g/mol. The van der Waals surface area contributed by atoms with Crippen LogP contribution in [0.25, 0.3) is 11.1 Å². The Kier molecular flexibility index (Phi) is 5.25. The van der Waals surface area contributed by atoms with Gasteiger partial charge >= 0.3 is 0 Å². The largest absolute Gasteiger partial charge is 0.497 e. The number of methoxy groups -OCH3 is 1. The molecule has 24 heavy (non-hydrogen) atoms. The van der Waals surface area contributed by atoms with Crippen molar-refractivity contribution >= 4 is 11.8 Å². The monoisotopic (exact) mass is 349 g/mol. The molecule has 1 saturated heterocycles. The molecule has 1 aromatic heterocycles. The number of aliphatic hydroxyl groups excluding tert-OH is 3. The summed E-state index contributed by atoms with van der Waals surface area (Å²) < 4.78 is 10.9. The number of nitrogens with zero attached hydrogens (tertiary/aromatic N) is 1. The lowest BCUT2D eigenvalue weighted by molar-refractivity contribution is -0.0786. The molecule has 128 valence electrons. The van der Waals surface area contributed by atoms with Crippen molar-refractivity contribution in [2.45, 2.75) is 23.7 Å². The number of pyridine rings is 1. The predicted molar refractivity (Wildman–Crippen MR) is 91.1 cm³/mol. The van der Waals surface area contributed by atoms with Crippen LogP contribution in [0.1, 0.15) is 0 Å². The van der Waals surface area contributed by atoms with Crippen molar-refractivity contribution in [2.24, 2.45) is 0 Å². The predicted octanol–water partition coefficient (Wildman–Crippen LogP) is 1.29. The Balaban J connectivity index is 1.75. The number of rotatable bonds is 4. The summed E-state index contributed by atoms with van der Waals surface area (Å²) in [4.78, 5) is 4.17. The van der Waals surface area contributed by atoms with Crippen molar-refractivity contribution < 1.29 is 24.8 Å². The van der Waals surface area contributed by atoms with E-state index in [1.54, 1.807) is 19.5 Å². The van der Waals surface area contributed by atoms with E-state index in [9.17, 15) is 15.3 Å². The van der Waals surface area contributed by atoms with Gasteiger partial charge in [0.2, 0.25) is 0 Å². The highest BCUT2D eigenvalue weighted by Gasteiger charge is 2.38. The van der Waals surface area contributed by atoms with Crippen molar-refractivity contribution in [2.75, 3.05) is 12.9 Å². The topological polar surface area (TPSA) is 92.0 Å². The lowest BCUT2D eigenvalue weighted by Crippen LogP contribution is -2.50. The number of thioether (sulfide) groups is 1. The summed E-state index contributed by atoms with van der Waals surface area (Å²) in [6.45, 7) is 0. The molecule has 0 spiro atoms. The van der Waals surface area contributed by atoms with Gasteiger partial charge in [-0.3, -0.25) is 4.98 Å². The van der Waals surface area contributed by atoms with Crippen LogP contribution in [-0.2, 0) is 0 Å². The van der Waals surface area contributed by atoms with E-state index in [-0.39, 0.29) is 0 Å². The first-order chi connectivity index (χ1) is 11.6. The van der Waals surface area contributed by atoms with Crippen molar-refractivity contribution in [1.82, 2.24) is 4.98 Å². The van der Waals surface area contributed by atoms with Gasteiger partial charge < -0.3 is 24.8 Å². The fraction of sp³-hybridized carbons (Fsp3) is 0.353. The minimum Gasteiger partial charge on any atom is -0.497 e. The molecule has 0 amide bonds. The van der Waals surface area contributed by atoms with Gasteiger partial charge in [0.15, 0.2) is 5.44 Å². The van der Waals surface area contributed by atoms with Crippen molar-refractivity contribution in [1.29, 1.82) is 0 Å². The van der Waals surface area contributed by atoms with Gasteiger partial charge in [0.1, 0.15) is 23.7 Å². The summed E-state index contributed by atoms with van der Waals surface area (Å²) in [7, 11) is 1.61. The summed E-state index contributed by atoms with van der Waals surface area (Å²) in [6.07, 6.45) is -0.0546. The molecule has 0 unspecified atom stereocenters. The smallest absolute Gasteiger partial charge is 0.173 e. The standard InChI is InChI=1S/C17H19NO5S/c1-22-12-4-2-10(3-5-12)11-6-13(8-18-7-11)23-17-16(21)15(20)14(19)9-24-17/h2-8,14-17,19-21H,9H2,1H3/t14-,15+,16-,17-/m1/s1. The zero-order valence-electron chi connectivity index (χ0n) is 13.1. The van der Waals surface area contributed by atoms with Crippen molar-refractivity contribution in [3.8, 4) is 22.6 Å². The second kappa shape index (κ2) is 7.40. The van der Waals surface area contributed by atoms with E-state index in [1.807, 2.05) is 30.3 Å². The van der Waals surface area contributed by atoms with Crippen LogP contribution in [0, 0.1) is 0 Å². The fourth-order valence-electron chi connectivity index (χ4n) is 2.44. The van der Waals surface area contributed by atoms with Crippen LogP contribution in [0.3, 0.4) is 0 Å². The average Bonchev–Trinajstić information content (AvgIpc) is 2.62. The number of ether oxygens (including phenoxy) is 2. The van der Waals surface area contributed by atoms with E-state index in [0.717, 1.165) is 16.9 Å². The Morgan fingerprint density at radius 2 is 1.75 bits per heavy atom. The van der Waals surface area contributed by atoms with Gasteiger partial charge in [0, 0.05) is 17.5 Å². The Bertz CT molecular complexity index is 681. The molecule has 0 saturated carbocycles.